The molecule has 0 amide bonds. The molecule has 8 unspecified atom stereocenters. The lowest BCUT2D eigenvalue weighted by Gasteiger charge is -2.41. The van der Waals surface area contributed by atoms with Crippen LogP contribution in [0.25, 0.3) is 16.8 Å². The number of anilines is 2. The zero-order chi connectivity index (χ0) is 40.7. The van der Waals surface area contributed by atoms with Crippen LogP contribution in [0.3, 0.4) is 0 Å². The molecule has 0 bridgehead atoms. The Labute approximate surface area is 364 Å². The summed E-state index contributed by atoms with van der Waals surface area (Å²) >= 11 is 0. The van der Waals surface area contributed by atoms with Gasteiger partial charge in [0.05, 0.1) is 6.04 Å². The number of benzene rings is 4. The van der Waals surface area contributed by atoms with E-state index in [9.17, 15) is 0 Å². The molecule has 4 aromatic carbocycles. The van der Waals surface area contributed by atoms with Crippen LogP contribution in [0.1, 0.15) is 53.9 Å². The highest BCUT2D eigenvalue weighted by atomic mass is 15.2. The highest BCUT2D eigenvalue weighted by Gasteiger charge is 2.50. The van der Waals surface area contributed by atoms with Gasteiger partial charge < -0.3 is 15.1 Å². The van der Waals surface area contributed by atoms with Gasteiger partial charge in [0.1, 0.15) is 12.0 Å². The van der Waals surface area contributed by atoms with E-state index < -0.39 is 0 Å². The SMILES string of the molecule is C1=CC2C(C3=NC(C4=CCCC=C4)NC(c4ccccc4)=N3)=CC=C(N3C4=Cc5c(cccc5N5c6cc7ccccc7cc6C6C=CC=CC65)CC4C4C=CCCC43)C2C=C1. The van der Waals surface area contributed by atoms with E-state index in [2.05, 4.69) is 197 Å². The van der Waals surface area contributed by atoms with E-state index in [1.165, 1.54) is 61.4 Å². The van der Waals surface area contributed by atoms with Crippen LogP contribution in [-0.4, -0.2) is 34.8 Å². The van der Waals surface area contributed by atoms with Crippen molar-refractivity contribution in [2.75, 3.05) is 4.90 Å². The molecular formula is C57H49N5. The van der Waals surface area contributed by atoms with Crippen molar-refractivity contribution in [2.45, 2.75) is 56.3 Å². The van der Waals surface area contributed by atoms with Crippen LogP contribution in [0.15, 0.2) is 209 Å². The third-order valence-corrected chi connectivity index (χ3v) is 14.9. The first-order chi connectivity index (χ1) is 30.7. The first-order valence-corrected chi connectivity index (χ1v) is 22.8. The quantitative estimate of drug-likeness (QED) is 0.204. The highest BCUT2D eigenvalue weighted by Crippen LogP contribution is 2.56. The van der Waals surface area contributed by atoms with Gasteiger partial charge >= 0.3 is 0 Å². The van der Waals surface area contributed by atoms with E-state index in [1.54, 1.807) is 0 Å². The maximum Gasteiger partial charge on any atom is 0.155 e. The van der Waals surface area contributed by atoms with E-state index in [-0.39, 0.29) is 24.0 Å². The van der Waals surface area contributed by atoms with Crippen LogP contribution >= 0.6 is 0 Å². The number of likely N-dealkylation sites (tertiary alicyclic amines) is 1. The van der Waals surface area contributed by atoms with Gasteiger partial charge in [0.15, 0.2) is 5.84 Å². The van der Waals surface area contributed by atoms with Crippen molar-refractivity contribution in [3.05, 3.63) is 221 Å². The van der Waals surface area contributed by atoms with Crippen molar-refractivity contribution >= 4 is 39.9 Å². The normalized spacial score (nSPS) is 29.5. The molecule has 9 aliphatic rings. The Morgan fingerprint density at radius 2 is 1.48 bits per heavy atom. The second-order valence-corrected chi connectivity index (χ2v) is 18.2. The summed E-state index contributed by atoms with van der Waals surface area (Å²) in [5, 5.41) is 6.30. The average molecular weight is 804 g/mol. The molecule has 302 valence electrons. The van der Waals surface area contributed by atoms with Gasteiger partial charge in [-0.3, -0.25) is 0 Å². The van der Waals surface area contributed by atoms with E-state index in [4.69, 9.17) is 9.98 Å². The summed E-state index contributed by atoms with van der Waals surface area (Å²) in [5.74, 6) is 3.21. The van der Waals surface area contributed by atoms with Crippen molar-refractivity contribution < 1.29 is 0 Å². The minimum Gasteiger partial charge on any atom is -0.344 e. The van der Waals surface area contributed by atoms with Gasteiger partial charge in [0.25, 0.3) is 0 Å². The Morgan fingerprint density at radius 1 is 0.661 bits per heavy atom. The van der Waals surface area contributed by atoms with Crippen LogP contribution in [0.4, 0.5) is 11.4 Å². The Hall–Kier alpha value is -6.72. The lowest BCUT2D eigenvalue weighted by atomic mass is 9.76. The van der Waals surface area contributed by atoms with Crippen LogP contribution in [0.2, 0.25) is 0 Å². The van der Waals surface area contributed by atoms with Gasteiger partial charge in [-0.15, -0.1) is 0 Å². The van der Waals surface area contributed by atoms with Crippen molar-refractivity contribution in [3.63, 3.8) is 0 Å². The molecule has 0 spiro atoms. The number of hydrogen-bond acceptors (Lipinski definition) is 5. The van der Waals surface area contributed by atoms with Gasteiger partial charge in [-0.05, 0) is 89.9 Å². The number of nitrogens with one attached hydrogen (secondary N) is 1. The van der Waals surface area contributed by atoms with E-state index in [1.807, 2.05) is 0 Å². The minimum absolute atomic E-state index is 0.122. The maximum absolute atomic E-state index is 5.38. The third-order valence-electron chi connectivity index (χ3n) is 14.9. The van der Waals surface area contributed by atoms with Crippen molar-refractivity contribution in [1.29, 1.82) is 0 Å². The molecule has 5 heteroatoms. The topological polar surface area (TPSA) is 43.2 Å². The summed E-state index contributed by atoms with van der Waals surface area (Å²) in [7, 11) is 0. The Morgan fingerprint density at radius 3 is 2.35 bits per heavy atom. The zero-order valence-corrected chi connectivity index (χ0v) is 34.8. The van der Waals surface area contributed by atoms with Crippen molar-refractivity contribution in [2.24, 2.45) is 33.7 Å². The molecule has 1 fully saturated rings. The number of amidine groups is 2. The maximum atomic E-state index is 5.38. The molecule has 13 rings (SSSR count). The lowest BCUT2D eigenvalue weighted by molar-refractivity contribution is 0.273. The largest absolute Gasteiger partial charge is 0.344 e. The standard InChI is InChI=1S/C57H49N5/c1-3-16-36(17-4-1)55-58-56(37-18-5-2-6-19-37)60-57(59-55)45-30-31-52(42-24-10-9-23-41(42)45)62-50-28-14-12-26-44(50)48-33-40-22-15-29-51(46(40)35-54(48)62)61-49-27-13-11-25-43(49)47-32-38-20-7-8-21-39(38)34-53(47)61/h1,3-5,7-13,15-27,29-32,34-35,41-44,48-50,56H,2,6,14,28,33H2,(H,58,59,60). The molecule has 62 heavy (non-hydrogen) atoms. The van der Waals surface area contributed by atoms with Gasteiger partial charge in [-0.25, -0.2) is 9.98 Å². The molecule has 1 N–H and O–H groups in total. The number of nitrogens with zero attached hydrogens (tertiary/aromatic N) is 4. The molecule has 8 atom stereocenters. The second kappa shape index (κ2) is 14.4. The Kier molecular flexibility index (Phi) is 8.38. The third kappa shape index (κ3) is 5.67. The molecular weight excluding hydrogens is 755 g/mol. The molecule has 6 aliphatic carbocycles. The fraction of sp³-hybridized carbons (Fsp3) is 0.228. The molecule has 4 aromatic rings. The fourth-order valence-electron chi connectivity index (χ4n) is 12.1. The van der Waals surface area contributed by atoms with Crippen LogP contribution in [0, 0.1) is 23.7 Å². The lowest BCUT2D eigenvalue weighted by Crippen LogP contribution is -2.42. The summed E-state index contributed by atoms with van der Waals surface area (Å²) < 4.78 is 0. The summed E-state index contributed by atoms with van der Waals surface area (Å²) in [6.07, 6.45) is 43.1. The average Bonchev–Trinajstić information content (AvgIpc) is 3.83. The number of hydrogen-bond donors (Lipinski definition) is 1. The molecule has 3 heterocycles. The Balaban J connectivity index is 0.938. The summed E-state index contributed by atoms with van der Waals surface area (Å²) in [6.45, 7) is 0. The van der Waals surface area contributed by atoms with Gasteiger partial charge in [0, 0.05) is 75.1 Å². The molecule has 3 aliphatic heterocycles. The molecule has 0 radical (unpaired) electrons. The highest BCUT2D eigenvalue weighted by molar-refractivity contribution is 6.13. The summed E-state index contributed by atoms with van der Waals surface area (Å²) in [5.41, 5.74) is 13.2. The predicted molar refractivity (Wildman–Crippen MR) is 255 cm³/mol. The first kappa shape index (κ1) is 36.0. The van der Waals surface area contributed by atoms with Crippen molar-refractivity contribution in [3.8, 4) is 0 Å². The summed E-state index contributed by atoms with van der Waals surface area (Å²) in [4.78, 5) is 16.2. The number of aliphatic imine (C=N–C) groups is 2. The van der Waals surface area contributed by atoms with Crippen LogP contribution in [0.5, 0.6) is 0 Å². The molecule has 5 nitrogen and oxygen atoms in total. The number of rotatable bonds is 5. The number of fused-ring (bicyclic) bond motifs is 9. The van der Waals surface area contributed by atoms with Crippen LogP contribution in [-0.2, 0) is 6.42 Å². The minimum atomic E-state index is -0.186. The van der Waals surface area contributed by atoms with E-state index in [0.29, 0.717) is 23.8 Å². The molecule has 0 aromatic heterocycles. The van der Waals surface area contributed by atoms with E-state index in [0.717, 1.165) is 49.3 Å². The zero-order valence-electron chi connectivity index (χ0n) is 34.8. The fourth-order valence-corrected chi connectivity index (χ4v) is 12.1. The monoisotopic (exact) mass is 803 g/mol. The first-order valence-electron chi connectivity index (χ1n) is 22.8. The van der Waals surface area contributed by atoms with Gasteiger partial charge in [-0.2, -0.15) is 0 Å². The smallest absolute Gasteiger partial charge is 0.155 e. The molecule has 0 saturated carbocycles. The summed E-state index contributed by atoms with van der Waals surface area (Å²) in [6, 6.07) is 32.0. The predicted octanol–water partition coefficient (Wildman–Crippen LogP) is 12.0. The molecule has 1 saturated heterocycles. The van der Waals surface area contributed by atoms with Crippen molar-refractivity contribution in [1.82, 2.24) is 10.2 Å². The van der Waals surface area contributed by atoms with Gasteiger partial charge in [0.2, 0.25) is 0 Å². The van der Waals surface area contributed by atoms with Crippen LogP contribution < -0.4 is 10.2 Å². The Bertz CT molecular complexity index is 2930. The van der Waals surface area contributed by atoms with E-state index >= 15 is 0 Å². The second-order valence-electron chi connectivity index (χ2n) is 18.2. The van der Waals surface area contributed by atoms with Gasteiger partial charge in [-0.1, -0.05) is 152 Å². The number of allylic oxidation sites excluding steroid dienone is 12.